The number of hydrogen-bond acceptors (Lipinski definition) is 7. The molecule has 0 spiro atoms. The number of hydrogen-bond donors (Lipinski definition) is 1. The molecule has 1 aromatic heterocycles. The van der Waals surface area contributed by atoms with Crippen LogP contribution in [0.1, 0.15) is 11.1 Å². The van der Waals surface area contributed by atoms with E-state index in [1.165, 1.54) is 0 Å². The van der Waals surface area contributed by atoms with Gasteiger partial charge in [-0.3, -0.25) is 0 Å². The highest BCUT2D eigenvalue weighted by Crippen LogP contribution is 2.31. The molecule has 7 heteroatoms. The van der Waals surface area contributed by atoms with Gasteiger partial charge in [0.25, 0.3) is 0 Å². The van der Waals surface area contributed by atoms with Crippen LogP contribution in [0, 0.1) is 11.3 Å². The predicted molar refractivity (Wildman–Crippen MR) is 114 cm³/mol. The van der Waals surface area contributed by atoms with Crippen molar-refractivity contribution in [3.8, 4) is 17.3 Å². The lowest BCUT2D eigenvalue weighted by molar-refractivity contribution is -0.0388. The van der Waals surface area contributed by atoms with Crippen LogP contribution in [0.4, 0.5) is 5.95 Å². The maximum Gasteiger partial charge on any atom is 0.223 e. The molecule has 2 fully saturated rings. The Labute approximate surface area is 180 Å². The van der Waals surface area contributed by atoms with Crippen molar-refractivity contribution >= 4 is 5.95 Å². The van der Waals surface area contributed by atoms with E-state index in [-0.39, 0.29) is 24.4 Å². The average Bonchev–Trinajstić information content (AvgIpc) is 3.41. The first-order chi connectivity index (χ1) is 15.3. The molecule has 0 saturated carbocycles. The van der Waals surface area contributed by atoms with Crippen molar-refractivity contribution in [2.75, 3.05) is 18.5 Å². The highest BCUT2D eigenvalue weighted by molar-refractivity contribution is 5.62. The van der Waals surface area contributed by atoms with Gasteiger partial charge in [-0.25, -0.2) is 9.97 Å². The predicted octanol–water partition coefficient (Wildman–Crippen LogP) is 3.18. The third-order valence-corrected chi connectivity index (χ3v) is 5.57. The van der Waals surface area contributed by atoms with Gasteiger partial charge in [-0.1, -0.05) is 42.5 Å². The van der Waals surface area contributed by atoms with Gasteiger partial charge in [-0.2, -0.15) is 5.26 Å². The first-order valence-electron chi connectivity index (χ1n) is 10.3. The van der Waals surface area contributed by atoms with Crippen LogP contribution in [0.5, 0.6) is 0 Å². The van der Waals surface area contributed by atoms with Crippen LogP contribution < -0.4 is 5.32 Å². The summed E-state index contributed by atoms with van der Waals surface area (Å²) in [5, 5.41) is 12.5. The van der Waals surface area contributed by atoms with Gasteiger partial charge in [0.15, 0.2) is 0 Å². The minimum Gasteiger partial charge on any atom is -0.370 e. The van der Waals surface area contributed by atoms with Gasteiger partial charge in [-0.15, -0.1) is 0 Å². The van der Waals surface area contributed by atoms with Gasteiger partial charge >= 0.3 is 0 Å². The number of nitriles is 1. The summed E-state index contributed by atoms with van der Waals surface area (Å²) < 4.78 is 18.1. The largest absolute Gasteiger partial charge is 0.370 e. The number of ether oxygens (including phenoxy) is 3. The standard InChI is InChI=1S/C24H22N4O3/c25-12-17-7-4-8-18(11-17)19-9-10-26-24(27-19)28-20-14-30-23-21(15-31-22(20)23)29-13-16-5-2-1-3-6-16/h1-11,20-23H,13-15H2,(H,26,27,28)/t20-,21+,22+,23+/m0/s1. The minimum absolute atomic E-state index is 0.0592. The van der Waals surface area contributed by atoms with Crippen molar-refractivity contribution in [3.05, 3.63) is 78.0 Å². The second-order valence-electron chi connectivity index (χ2n) is 7.64. The molecule has 7 nitrogen and oxygen atoms in total. The van der Waals surface area contributed by atoms with E-state index < -0.39 is 0 Å². The molecule has 31 heavy (non-hydrogen) atoms. The molecule has 0 aliphatic carbocycles. The fourth-order valence-corrected chi connectivity index (χ4v) is 4.01. The number of rotatable bonds is 6. The second kappa shape index (κ2) is 8.82. The van der Waals surface area contributed by atoms with E-state index in [2.05, 4.69) is 21.4 Å². The molecule has 4 atom stereocenters. The Balaban J connectivity index is 1.23. The number of nitrogens with zero attached hydrogens (tertiary/aromatic N) is 3. The summed E-state index contributed by atoms with van der Waals surface area (Å²) >= 11 is 0. The molecular weight excluding hydrogens is 392 g/mol. The Morgan fingerprint density at radius 3 is 2.77 bits per heavy atom. The van der Waals surface area contributed by atoms with Crippen molar-refractivity contribution in [2.45, 2.75) is 31.0 Å². The molecule has 3 heterocycles. The number of fused-ring (bicyclic) bond motifs is 1. The smallest absolute Gasteiger partial charge is 0.223 e. The summed E-state index contributed by atoms with van der Waals surface area (Å²) in [7, 11) is 0. The lowest BCUT2D eigenvalue weighted by Crippen LogP contribution is -2.37. The summed E-state index contributed by atoms with van der Waals surface area (Å²) in [6.45, 7) is 1.53. The monoisotopic (exact) mass is 414 g/mol. The molecule has 2 aliphatic rings. The number of aromatic nitrogens is 2. The van der Waals surface area contributed by atoms with Crippen LogP contribution in [0.3, 0.4) is 0 Å². The van der Waals surface area contributed by atoms with E-state index in [1.54, 1.807) is 12.3 Å². The molecule has 3 aromatic rings. The first kappa shape index (κ1) is 19.6. The van der Waals surface area contributed by atoms with Crippen molar-refractivity contribution in [2.24, 2.45) is 0 Å². The zero-order chi connectivity index (χ0) is 21.0. The third kappa shape index (κ3) is 4.28. The number of nitrogens with one attached hydrogen (secondary N) is 1. The maximum atomic E-state index is 9.13. The van der Waals surface area contributed by atoms with E-state index in [9.17, 15) is 0 Å². The van der Waals surface area contributed by atoms with Gasteiger partial charge < -0.3 is 19.5 Å². The molecule has 2 saturated heterocycles. The van der Waals surface area contributed by atoms with E-state index in [0.29, 0.717) is 31.3 Å². The number of anilines is 1. The molecular formula is C24H22N4O3. The lowest BCUT2D eigenvalue weighted by atomic mass is 10.1. The van der Waals surface area contributed by atoms with Crippen LogP contribution in [0.25, 0.3) is 11.3 Å². The topological polar surface area (TPSA) is 89.3 Å². The molecule has 2 aromatic carbocycles. The van der Waals surface area contributed by atoms with Gasteiger partial charge in [0.2, 0.25) is 5.95 Å². The zero-order valence-electron chi connectivity index (χ0n) is 16.8. The summed E-state index contributed by atoms with van der Waals surface area (Å²) in [6, 6.07) is 21.4. The van der Waals surface area contributed by atoms with Crippen LogP contribution in [-0.2, 0) is 20.8 Å². The lowest BCUT2D eigenvalue weighted by Gasteiger charge is -2.18. The molecule has 1 N–H and O–H groups in total. The zero-order valence-corrected chi connectivity index (χ0v) is 16.8. The molecule has 0 amide bonds. The molecule has 0 bridgehead atoms. The van der Waals surface area contributed by atoms with Crippen molar-refractivity contribution in [1.82, 2.24) is 9.97 Å². The van der Waals surface area contributed by atoms with Crippen LogP contribution in [0.2, 0.25) is 0 Å². The Bertz CT molecular complexity index is 1090. The summed E-state index contributed by atoms with van der Waals surface area (Å²) in [5.41, 5.74) is 3.35. The summed E-state index contributed by atoms with van der Waals surface area (Å²) in [6.07, 6.45) is 1.38. The van der Waals surface area contributed by atoms with E-state index in [4.69, 9.17) is 19.5 Å². The van der Waals surface area contributed by atoms with E-state index in [1.807, 2.05) is 54.6 Å². The average molecular weight is 414 g/mol. The highest BCUT2D eigenvalue weighted by Gasteiger charge is 2.48. The molecule has 0 unspecified atom stereocenters. The van der Waals surface area contributed by atoms with Gasteiger partial charge in [-0.05, 0) is 23.8 Å². The second-order valence-corrected chi connectivity index (χ2v) is 7.64. The van der Waals surface area contributed by atoms with Crippen molar-refractivity contribution in [1.29, 1.82) is 5.26 Å². The quantitative estimate of drug-likeness (QED) is 0.663. The Hall–Kier alpha value is -3.31. The summed E-state index contributed by atoms with van der Waals surface area (Å²) in [4.78, 5) is 8.97. The Morgan fingerprint density at radius 1 is 1.03 bits per heavy atom. The van der Waals surface area contributed by atoms with Gasteiger partial charge in [0, 0.05) is 11.8 Å². The normalized spacial score (nSPS) is 24.5. The molecule has 5 rings (SSSR count). The maximum absolute atomic E-state index is 9.13. The molecule has 2 aliphatic heterocycles. The van der Waals surface area contributed by atoms with Crippen LogP contribution >= 0.6 is 0 Å². The fraction of sp³-hybridized carbons (Fsp3) is 0.292. The minimum atomic E-state index is -0.116. The van der Waals surface area contributed by atoms with E-state index in [0.717, 1.165) is 16.8 Å². The van der Waals surface area contributed by atoms with E-state index >= 15 is 0 Å². The third-order valence-electron chi connectivity index (χ3n) is 5.57. The molecule has 0 radical (unpaired) electrons. The fourth-order valence-electron chi connectivity index (χ4n) is 4.01. The van der Waals surface area contributed by atoms with Crippen LogP contribution in [-0.4, -0.2) is 47.5 Å². The summed E-state index contributed by atoms with van der Waals surface area (Å²) in [5.74, 6) is 0.506. The van der Waals surface area contributed by atoms with Crippen molar-refractivity contribution in [3.63, 3.8) is 0 Å². The molecule has 156 valence electrons. The van der Waals surface area contributed by atoms with Crippen LogP contribution in [0.15, 0.2) is 66.9 Å². The highest BCUT2D eigenvalue weighted by atomic mass is 16.6. The number of benzene rings is 2. The van der Waals surface area contributed by atoms with Gasteiger partial charge in [0.1, 0.15) is 18.3 Å². The SMILES string of the molecule is N#Cc1cccc(-c2ccnc(N[C@H]3CO[C@H]4[C@@H]3OC[C@H]4OCc3ccccc3)n2)c1. The van der Waals surface area contributed by atoms with Crippen molar-refractivity contribution < 1.29 is 14.2 Å². The van der Waals surface area contributed by atoms with Gasteiger partial charge in [0.05, 0.1) is 43.2 Å². The first-order valence-corrected chi connectivity index (χ1v) is 10.3. The Morgan fingerprint density at radius 2 is 1.90 bits per heavy atom. The Kier molecular flexibility index (Phi) is 5.59.